The van der Waals surface area contributed by atoms with Crippen molar-refractivity contribution in [2.75, 3.05) is 36.4 Å². The fraction of sp³-hybridized carbons (Fsp3) is 0.333. The Hall–Kier alpha value is -2.91. The van der Waals surface area contributed by atoms with Crippen LogP contribution in [0.1, 0.15) is 19.4 Å². The third kappa shape index (κ3) is 4.87. The van der Waals surface area contributed by atoms with Crippen molar-refractivity contribution >= 4 is 29.0 Å². The van der Waals surface area contributed by atoms with Gasteiger partial charge in [-0.15, -0.1) is 0 Å². The smallest absolute Gasteiger partial charge is 0.322 e. The maximum absolute atomic E-state index is 12.7. The Morgan fingerprint density at radius 3 is 2.57 bits per heavy atom. The Kier molecular flexibility index (Phi) is 6.27. The van der Waals surface area contributed by atoms with Gasteiger partial charge in [-0.2, -0.15) is 5.26 Å². The summed E-state index contributed by atoms with van der Waals surface area (Å²) in [5.41, 5.74) is 2.04. The molecule has 1 aliphatic rings. The number of benzene rings is 2. The highest BCUT2D eigenvalue weighted by atomic mass is 35.5. The molecule has 6 nitrogen and oxygen atoms in total. The molecule has 0 spiro atoms. The Bertz CT molecular complexity index is 886. The van der Waals surface area contributed by atoms with Crippen LogP contribution in [0, 0.1) is 11.3 Å². The predicted molar refractivity (Wildman–Crippen MR) is 111 cm³/mol. The zero-order valence-electron chi connectivity index (χ0n) is 16.0. The van der Waals surface area contributed by atoms with Gasteiger partial charge in [0.2, 0.25) is 0 Å². The van der Waals surface area contributed by atoms with Gasteiger partial charge in [0, 0.05) is 36.9 Å². The zero-order valence-corrected chi connectivity index (χ0v) is 16.7. The van der Waals surface area contributed by atoms with E-state index in [0.717, 1.165) is 18.8 Å². The number of piperazine rings is 1. The molecule has 0 aromatic heterocycles. The summed E-state index contributed by atoms with van der Waals surface area (Å²) in [5, 5.41) is 12.7. The summed E-state index contributed by atoms with van der Waals surface area (Å²) in [7, 11) is 0. The second kappa shape index (κ2) is 8.85. The summed E-state index contributed by atoms with van der Waals surface area (Å²) in [4.78, 5) is 16.7. The number of rotatable bonds is 4. The van der Waals surface area contributed by atoms with Crippen molar-refractivity contribution in [3.05, 3.63) is 53.1 Å². The minimum atomic E-state index is -0.200. The monoisotopic (exact) mass is 398 g/mol. The van der Waals surface area contributed by atoms with Crippen LogP contribution in [0.4, 0.5) is 16.2 Å². The first kappa shape index (κ1) is 19.8. The predicted octanol–water partition coefficient (Wildman–Crippen LogP) is 4.35. The Balaban J connectivity index is 1.65. The second-order valence-corrected chi connectivity index (χ2v) is 7.31. The van der Waals surface area contributed by atoms with Gasteiger partial charge in [0.25, 0.3) is 0 Å². The molecule has 0 aliphatic carbocycles. The van der Waals surface area contributed by atoms with Crippen LogP contribution in [0.15, 0.2) is 42.5 Å². The maximum Gasteiger partial charge on any atom is 0.322 e. The van der Waals surface area contributed by atoms with Crippen molar-refractivity contribution in [1.82, 2.24) is 4.90 Å². The van der Waals surface area contributed by atoms with E-state index in [2.05, 4.69) is 16.3 Å². The molecule has 3 rings (SSSR count). The van der Waals surface area contributed by atoms with Gasteiger partial charge in [-0.25, -0.2) is 4.79 Å². The maximum atomic E-state index is 12.7. The molecule has 0 atom stereocenters. The summed E-state index contributed by atoms with van der Waals surface area (Å²) in [6.07, 6.45) is -0.0372. The van der Waals surface area contributed by atoms with Crippen molar-refractivity contribution in [1.29, 1.82) is 5.26 Å². The number of nitriles is 1. The molecule has 28 heavy (non-hydrogen) atoms. The average molecular weight is 399 g/mol. The normalized spacial score (nSPS) is 14.0. The van der Waals surface area contributed by atoms with Crippen LogP contribution in [-0.4, -0.2) is 43.2 Å². The summed E-state index contributed by atoms with van der Waals surface area (Å²) < 4.78 is 5.76. The van der Waals surface area contributed by atoms with Gasteiger partial charge in [0.15, 0.2) is 0 Å². The van der Waals surface area contributed by atoms with E-state index in [1.807, 2.05) is 38.1 Å². The molecule has 0 radical (unpaired) electrons. The van der Waals surface area contributed by atoms with Gasteiger partial charge in [-0.1, -0.05) is 17.7 Å². The number of carbonyl (C=O) groups excluding carboxylic acids is 1. The van der Waals surface area contributed by atoms with Crippen LogP contribution in [0.25, 0.3) is 0 Å². The molecule has 0 bridgehead atoms. The van der Waals surface area contributed by atoms with Crippen LogP contribution >= 0.6 is 11.6 Å². The average Bonchev–Trinajstić information content (AvgIpc) is 2.69. The molecular weight excluding hydrogens is 376 g/mol. The van der Waals surface area contributed by atoms with Gasteiger partial charge < -0.3 is 19.9 Å². The SMILES string of the molecule is CC(C)Oc1ccc(C#N)cc1NC(=O)N1CCN(c2cccc(Cl)c2)CC1. The van der Waals surface area contributed by atoms with E-state index in [1.54, 1.807) is 23.1 Å². The largest absolute Gasteiger partial charge is 0.489 e. The van der Waals surface area contributed by atoms with Crippen LogP contribution < -0.4 is 15.0 Å². The highest BCUT2D eigenvalue weighted by molar-refractivity contribution is 6.30. The Labute approximate surface area is 170 Å². The molecule has 0 saturated carbocycles. The lowest BCUT2D eigenvalue weighted by molar-refractivity contribution is 0.207. The van der Waals surface area contributed by atoms with E-state index >= 15 is 0 Å². The molecule has 0 unspecified atom stereocenters. The van der Waals surface area contributed by atoms with E-state index in [1.165, 1.54) is 0 Å². The van der Waals surface area contributed by atoms with Crippen molar-refractivity contribution in [2.45, 2.75) is 20.0 Å². The molecular formula is C21H23ClN4O2. The number of halogens is 1. The number of anilines is 2. The highest BCUT2D eigenvalue weighted by Crippen LogP contribution is 2.27. The molecule has 1 N–H and O–H groups in total. The lowest BCUT2D eigenvalue weighted by Gasteiger charge is -2.36. The number of nitrogens with zero attached hydrogens (tertiary/aromatic N) is 3. The number of hydrogen-bond acceptors (Lipinski definition) is 4. The number of nitrogens with one attached hydrogen (secondary N) is 1. The van der Waals surface area contributed by atoms with Crippen molar-refractivity contribution < 1.29 is 9.53 Å². The van der Waals surface area contributed by atoms with Crippen LogP contribution in [-0.2, 0) is 0 Å². The van der Waals surface area contributed by atoms with E-state index in [-0.39, 0.29) is 12.1 Å². The number of hydrogen-bond donors (Lipinski definition) is 1. The standard InChI is InChI=1S/C21H23ClN4O2/c1-15(2)28-20-7-6-16(14-23)12-19(20)24-21(27)26-10-8-25(9-11-26)18-5-3-4-17(22)13-18/h3-7,12-13,15H,8-11H2,1-2H3,(H,24,27). The van der Waals surface area contributed by atoms with Crippen LogP contribution in [0.2, 0.25) is 5.02 Å². The number of amides is 2. The van der Waals surface area contributed by atoms with E-state index in [4.69, 9.17) is 21.6 Å². The lowest BCUT2D eigenvalue weighted by Crippen LogP contribution is -2.50. The molecule has 1 saturated heterocycles. The van der Waals surface area contributed by atoms with Crippen molar-refractivity contribution in [3.8, 4) is 11.8 Å². The van der Waals surface area contributed by atoms with E-state index in [9.17, 15) is 4.79 Å². The van der Waals surface area contributed by atoms with Crippen LogP contribution in [0.5, 0.6) is 5.75 Å². The van der Waals surface area contributed by atoms with Gasteiger partial charge in [-0.3, -0.25) is 0 Å². The third-order valence-electron chi connectivity index (χ3n) is 4.45. The Morgan fingerprint density at radius 2 is 1.93 bits per heavy atom. The van der Waals surface area contributed by atoms with Crippen molar-refractivity contribution in [3.63, 3.8) is 0 Å². The zero-order chi connectivity index (χ0) is 20.1. The summed E-state index contributed by atoms with van der Waals surface area (Å²) in [6, 6.07) is 14.6. The first-order chi connectivity index (χ1) is 13.5. The summed E-state index contributed by atoms with van der Waals surface area (Å²) in [5.74, 6) is 0.555. The van der Waals surface area contributed by atoms with Gasteiger partial charge in [-0.05, 0) is 50.2 Å². The fourth-order valence-corrected chi connectivity index (χ4v) is 3.27. The first-order valence-corrected chi connectivity index (χ1v) is 9.61. The van der Waals surface area contributed by atoms with Crippen LogP contribution in [0.3, 0.4) is 0 Å². The molecule has 2 aromatic rings. The first-order valence-electron chi connectivity index (χ1n) is 9.23. The molecule has 2 amide bonds. The van der Waals surface area contributed by atoms with Gasteiger partial charge in [0.1, 0.15) is 5.75 Å². The number of urea groups is 1. The summed E-state index contributed by atoms with van der Waals surface area (Å²) >= 11 is 6.07. The van der Waals surface area contributed by atoms with Gasteiger partial charge >= 0.3 is 6.03 Å². The molecule has 2 aromatic carbocycles. The number of carbonyl (C=O) groups is 1. The quantitative estimate of drug-likeness (QED) is 0.831. The fourth-order valence-electron chi connectivity index (χ4n) is 3.09. The summed E-state index contributed by atoms with van der Waals surface area (Å²) in [6.45, 7) is 6.47. The molecule has 1 aliphatic heterocycles. The molecule has 1 fully saturated rings. The van der Waals surface area contributed by atoms with E-state index < -0.39 is 0 Å². The molecule has 1 heterocycles. The third-order valence-corrected chi connectivity index (χ3v) is 4.69. The van der Waals surface area contributed by atoms with E-state index in [0.29, 0.717) is 35.1 Å². The molecule has 146 valence electrons. The highest BCUT2D eigenvalue weighted by Gasteiger charge is 2.22. The minimum absolute atomic E-state index is 0.0372. The van der Waals surface area contributed by atoms with Gasteiger partial charge in [0.05, 0.1) is 23.4 Å². The number of ether oxygens (including phenoxy) is 1. The van der Waals surface area contributed by atoms with Crippen molar-refractivity contribution in [2.24, 2.45) is 0 Å². The lowest BCUT2D eigenvalue weighted by atomic mass is 10.2. The Morgan fingerprint density at radius 1 is 1.18 bits per heavy atom. The second-order valence-electron chi connectivity index (χ2n) is 6.87. The molecule has 7 heteroatoms. The minimum Gasteiger partial charge on any atom is -0.489 e. The topological polar surface area (TPSA) is 68.6 Å².